The summed E-state index contributed by atoms with van der Waals surface area (Å²) in [4.78, 5) is 21.4. The Bertz CT molecular complexity index is 301. The van der Waals surface area contributed by atoms with Crippen molar-refractivity contribution in [1.29, 1.82) is 0 Å². The number of aliphatic hydroxyl groups excluding tert-OH is 2. The molecule has 0 aliphatic carbocycles. The first-order valence-corrected chi connectivity index (χ1v) is 14.6. The summed E-state index contributed by atoms with van der Waals surface area (Å²) in [6.07, 6.45) is 2.69. The molecule has 8 nitrogen and oxygen atoms in total. The van der Waals surface area contributed by atoms with Crippen molar-refractivity contribution in [1.82, 2.24) is 16.0 Å². The van der Waals surface area contributed by atoms with Crippen molar-refractivity contribution in [3.63, 3.8) is 0 Å². The van der Waals surface area contributed by atoms with Gasteiger partial charge >= 0.3 is 0 Å². The zero-order valence-electron chi connectivity index (χ0n) is 15.4. The molecule has 0 bridgehead atoms. The largest absolute Gasteiger partial charge is 0.393 e. The van der Waals surface area contributed by atoms with Crippen LogP contribution in [0.25, 0.3) is 0 Å². The topological polar surface area (TPSA) is 137 Å². The number of carbonyl (C=O) groups excluding carboxylic acids is 2. The summed E-state index contributed by atoms with van der Waals surface area (Å²) in [5.74, 6) is -0.628. The van der Waals surface area contributed by atoms with Crippen LogP contribution in [0.5, 0.6) is 0 Å². The fourth-order valence-corrected chi connectivity index (χ4v) is 1.71. The summed E-state index contributed by atoms with van der Waals surface area (Å²) in [6, 6.07) is 0. The van der Waals surface area contributed by atoms with Gasteiger partial charge in [0, 0.05) is 50.3 Å². The summed E-state index contributed by atoms with van der Waals surface area (Å²) in [6.45, 7) is 5.00. The number of hydrogen-bond donors (Lipinski definition) is 6. The predicted molar refractivity (Wildman–Crippen MR) is 159 cm³/mol. The molecule has 0 radical (unpaired) electrons. The molecule has 10 heteroatoms. The summed E-state index contributed by atoms with van der Waals surface area (Å²) >= 11 is 4.24. The second-order valence-electron chi connectivity index (χ2n) is 5.14. The molecule has 0 aliphatic heterocycles. The van der Waals surface area contributed by atoms with Crippen molar-refractivity contribution in [2.24, 2.45) is 5.73 Å². The number of aliphatic hydroxyl groups is 2. The Hall–Kier alpha value is 0.240. The molecule has 0 aromatic rings. The van der Waals surface area contributed by atoms with Gasteiger partial charge in [-0.1, -0.05) is 51.5 Å². The van der Waals surface area contributed by atoms with Crippen molar-refractivity contribution < 1.29 is 19.8 Å². The quantitative estimate of drug-likeness (QED) is 0.107. The molecule has 0 saturated heterocycles. The molecule has 31 heavy (non-hydrogen) atoms. The summed E-state index contributed by atoms with van der Waals surface area (Å²) in [5.41, 5.74) is 5.02. The van der Waals surface area contributed by atoms with Crippen molar-refractivity contribution in [3.8, 4) is 0 Å². The second-order valence-corrected chi connectivity index (χ2v) is 5.14. The van der Waals surface area contributed by atoms with Crippen LogP contribution in [-0.2, 0) is 9.59 Å². The van der Waals surface area contributed by atoms with E-state index in [9.17, 15) is 19.8 Å². The summed E-state index contributed by atoms with van der Waals surface area (Å²) in [7, 11) is 1.82. The van der Waals surface area contributed by atoms with Crippen molar-refractivity contribution in [2.45, 2.75) is 103 Å². The molecule has 0 saturated carbocycles. The lowest BCUT2D eigenvalue weighted by Gasteiger charge is -2.11. The Balaban J connectivity index is -0.0000000350. The lowest BCUT2D eigenvalue weighted by molar-refractivity contribution is -0.129. The Morgan fingerprint density at radius 2 is 1.29 bits per heavy atom. The molecule has 2 unspecified atom stereocenters. The maximum absolute atomic E-state index is 10.7. The molecule has 200 valence electrons. The SMILES string of the molecule is C.C.C.C.C.C.CCC(O)CCCC(O)CNC.CCNC(=O)CC(=O)NCN.II. The van der Waals surface area contributed by atoms with E-state index < -0.39 is 0 Å². The molecule has 0 aromatic heterocycles. The van der Waals surface area contributed by atoms with Gasteiger partial charge in [0.15, 0.2) is 0 Å². The van der Waals surface area contributed by atoms with Crippen LogP contribution in [0.4, 0.5) is 0 Å². The molecule has 0 fully saturated rings. The standard InChI is InChI=1S/C9H21NO2.C6H13N3O2.6CH4.I2/c1-3-8(11)5-4-6-9(12)7-10-2;1-2-8-5(10)3-6(11)9-4-7;;;;;;;1-2/h8-12H,3-7H2,1-2H3;2-4,7H2,1H3,(H,8,10)(H,9,11);6*1H4;. The van der Waals surface area contributed by atoms with Gasteiger partial charge in [-0.3, -0.25) is 9.59 Å². The molecular weight excluding hydrogens is 626 g/mol. The van der Waals surface area contributed by atoms with Gasteiger partial charge in [0.05, 0.1) is 18.9 Å². The van der Waals surface area contributed by atoms with E-state index in [1.165, 1.54) is 0 Å². The number of likely N-dealkylation sites (N-methyl/N-ethyl adjacent to an activating group) is 1. The summed E-state index contributed by atoms with van der Waals surface area (Å²) < 4.78 is 0. The van der Waals surface area contributed by atoms with Crippen LogP contribution in [0.2, 0.25) is 0 Å². The third kappa shape index (κ3) is 53.5. The van der Waals surface area contributed by atoms with E-state index in [-0.39, 0.29) is 81.7 Å². The molecule has 7 N–H and O–H groups in total. The number of amides is 2. The van der Waals surface area contributed by atoms with E-state index in [1.54, 1.807) is 6.92 Å². The molecule has 0 aliphatic rings. The number of nitrogens with one attached hydrogen (secondary N) is 3. The smallest absolute Gasteiger partial charge is 0.230 e. The average Bonchev–Trinajstić information content (AvgIpc) is 2.57. The van der Waals surface area contributed by atoms with Crippen LogP contribution in [0, 0.1) is 0 Å². The van der Waals surface area contributed by atoms with Gasteiger partial charge in [0.2, 0.25) is 11.8 Å². The Labute approximate surface area is 219 Å². The average molecular weight is 685 g/mol. The maximum Gasteiger partial charge on any atom is 0.230 e. The molecule has 0 heterocycles. The van der Waals surface area contributed by atoms with Gasteiger partial charge < -0.3 is 31.9 Å². The molecule has 0 aromatic carbocycles. The number of carbonyl (C=O) groups is 2. The first-order valence-electron chi connectivity index (χ1n) is 8.29. The number of halogens is 2. The lowest BCUT2D eigenvalue weighted by Crippen LogP contribution is -2.34. The van der Waals surface area contributed by atoms with Crippen molar-refractivity contribution in [3.05, 3.63) is 0 Å². The maximum atomic E-state index is 10.7. The van der Waals surface area contributed by atoms with Crippen LogP contribution < -0.4 is 21.7 Å². The van der Waals surface area contributed by atoms with Crippen molar-refractivity contribution >= 4 is 49.0 Å². The minimum atomic E-state index is -0.349. The van der Waals surface area contributed by atoms with Crippen LogP contribution in [0.3, 0.4) is 0 Å². The van der Waals surface area contributed by atoms with Gasteiger partial charge in [-0.15, -0.1) is 0 Å². The van der Waals surface area contributed by atoms with Gasteiger partial charge in [0.1, 0.15) is 6.42 Å². The van der Waals surface area contributed by atoms with Crippen LogP contribution >= 0.6 is 37.2 Å². The van der Waals surface area contributed by atoms with Crippen LogP contribution in [0.15, 0.2) is 0 Å². The highest BCUT2D eigenvalue weighted by Gasteiger charge is 2.06. The van der Waals surface area contributed by atoms with Crippen molar-refractivity contribution in [2.75, 3.05) is 26.8 Å². The highest BCUT2D eigenvalue weighted by molar-refractivity contribution is 15.0. The van der Waals surface area contributed by atoms with E-state index >= 15 is 0 Å². The van der Waals surface area contributed by atoms with Crippen LogP contribution in [0.1, 0.15) is 90.5 Å². The third-order valence-corrected chi connectivity index (χ3v) is 2.98. The van der Waals surface area contributed by atoms with Gasteiger partial charge in [-0.25, -0.2) is 0 Å². The highest BCUT2D eigenvalue weighted by Crippen LogP contribution is 2.05. The summed E-state index contributed by atoms with van der Waals surface area (Å²) in [5, 5.41) is 26.2. The monoisotopic (exact) mass is 684 g/mol. The minimum absolute atomic E-state index is 0. The molecule has 2 amide bonds. The molecular formula is C21H58I2N4O4. The highest BCUT2D eigenvalue weighted by atomic mass is 128. The number of rotatable bonds is 11. The fourth-order valence-electron chi connectivity index (χ4n) is 1.71. The minimum Gasteiger partial charge on any atom is -0.393 e. The Morgan fingerprint density at radius 1 is 0.871 bits per heavy atom. The Kier molecular flexibility index (Phi) is 89.2. The van der Waals surface area contributed by atoms with E-state index in [4.69, 9.17) is 5.73 Å². The normalized spacial score (nSPS) is 9.55. The molecule has 0 spiro atoms. The fraction of sp³-hybridized carbons (Fsp3) is 0.905. The lowest BCUT2D eigenvalue weighted by atomic mass is 10.1. The third-order valence-electron chi connectivity index (χ3n) is 2.98. The molecule has 0 rings (SSSR count). The van der Waals surface area contributed by atoms with Gasteiger partial charge in [-0.2, -0.15) is 0 Å². The first kappa shape index (κ1) is 57.8. The second kappa shape index (κ2) is 47.9. The van der Waals surface area contributed by atoms with Crippen LogP contribution in [-0.4, -0.2) is 61.0 Å². The molecule has 2 atom stereocenters. The van der Waals surface area contributed by atoms with E-state index in [0.717, 1.165) is 25.7 Å². The predicted octanol–water partition coefficient (Wildman–Crippen LogP) is 4.64. The zero-order chi connectivity index (χ0) is 20.1. The Morgan fingerprint density at radius 3 is 1.65 bits per heavy atom. The van der Waals surface area contributed by atoms with E-state index in [1.807, 2.05) is 14.0 Å². The van der Waals surface area contributed by atoms with E-state index in [0.29, 0.717) is 13.1 Å². The van der Waals surface area contributed by atoms with Gasteiger partial charge in [-0.05, 0) is 39.7 Å². The van der Waals surface area contributed by atoms with Gasteiger partial charge in [0.25, 0.3) is 0 Å². The number of nitrogens with two attached hydrogens (primary N) is 1. The first-order chi connectivity index (χ1) is 11.9. The van der Waals surface area contributed by atoms with E-state index in [2.05, 4.69) is 53.2 Å². The number of hydrogen-bond acceptors (Lipinski definition) is 6. The zero-order valence-corrected chi connectivity index (χ0v) is 19.7.